The van der Waals surface area contributed by atoms with Gasteiger partial charge >= 0.3 is 18.0 Å². The van der Waals surface area contributed by atoms with Crippen LogP contribution in [0.1, 0.15) is 28.3 Å². The molecule has 0 bridgehead atoms. The molecule has 0 aliphatic heterocycles. The highest BCUT2D eigenvalue weighted by Gasteiger charge is 2.38. The molecule has 3 rings (SSSR count). The van der Waals surface area contributed by atoms with Crippen molar-refractivity contribution in [3.8, 4) is 10.7 Å². The number of carbonyl (C=O) groups is 1. The van der Waals surface area contributed by atoms with Gasteiger partial charge in [-0.2, -0.15) is 18.2 Å². The average Bonchev–Trinajstić information content (AvgIpc) is 3.27. The zero-order valence-electron chi connectivity index (χ0n) is 12.6. The minimum Gasteiger partial charge on any atom is -0.460 e. The highest BCUT2D eigenvalue weighted by atomic mass is 32.1. The second kappa shape index (κ2) is 6.63. The number of halogens is 3. The van der Waals surface area contributed by atoms with E-state index in [-0.39, 0.29) is 24.8 Å². The first kappa shape index (κ1) is 17.1. The predicted molar refractivity (Wildman–Crippen MR) is 77.7 cm³/mol. The van der Waals surface area contributed by atoms with Crippen LogP contribution >= 0.6 is 11.3 Å². The van der Waals surface area contributed by atoms with Crippen molar-refractivity contribution in [3.63, 3.8) is 0 Å². The Hall–Kier alpha value is -2.76. The van der Waals surface area contributed by atoms with Crippen LogP contribution in [0.25, 0.3) is 10.7 Å². The Morgan fingerprint density at radius 2 is 2.20 bits per heavy atom. The molecule has 0 aliphatic rings. The lowest BCUT2D eigenvalue weighted by Gasteiger charge is -1.97. The highest BCUT2D eigenvalue weighted by Crippen LogP contribution is 2.31. The third-order valence-electron chi connectivity index (χ3n) is 2.86. The summed E-state index contributed by atoms with van der Waals surface area (Å²) in [6.07, 6.45) is -3.32. The van der Waals surface area contributed by atoms with Gasteiger partial charge in [0.25, 0.3) is 5.82 Å². The van der Waals surface area contributed by atoms with Crippen LogP contribution < -0.4 is 0 Å². The lowest BCUT2D eigenvalue weighted by molar-refractivity contribution is -0.159. The van der Waals surface area contributed by atoms with E-state index in [4.69, 9.17) is 4.74 Å². The Kier molecular flexibility index (Phi) is 4.53. The maximum Gasteiger partial charge on any atom is 0.471 e. The van der Waals surface area contributed by atoms with Crippen LogP contribution in [-0.4, -0.2) is 37.5 Å². The Morgan fingerprint density at radius 3 is 2.88 bits per heavy atom. The smallest absolute Gasteiger partial charge is 0.460 e. The Bertz CT molecular complexity index is 885. The lowest BCUT2D eigenvalue weighted by Crippen LogP contribution is -2.08. The quantitative estimate of drug-likeness (QED) is 0.634. The summed E-state index contributed by atoms with van der Waals surface area (Å²) in [6, 6.07) is 3.27. The Morgan fingerprint density at radius 1 is 1.40 bits per heavy atom. The first-order valence-electron chi connectivity index (χ1n) is 6.93. The number of carbonyl (C=O) groups excluding carboxylic acids is 1. The Balaban J connectivity index is 1.72. The summed E-state index contributed by atoms with van der Waals surface area (Å²) in [6.45, 7) is 2.16. The number of ether oxygens (including phenoxy) is 1. The molecule has 0 amide bonds. The van der Waals surface area contributed by atoms with Crippen LogP contribution in [0.4, 0.5) is 13.2 Å². The van der Waals surface area contributed by atoms with Crippen LogP contribution in [0.3, 0.4) is 0 Å². The van der Waals surface area contributed by atoms with Gasteiger partial charge in [-0.15, -0.1) is 16.4 Å². The van der Waals surface area contributed by atoms with Crippen LogP contribution in [0.15, 0.2) is 23.0 Å². The van der Waals surface area contributed by atoms with Crippen LogP contribution in [0.2, 0.25) is 0 Å². The van der Waals surface area contributed by atoms with Crippen molar-refractivity contribution < 1.29 is 27.2 Å². The van der Waals surface area contributed by atoms with Crippen LogP contribution in [0.5, 0.6) is 0 Å². The fourth-order valence-corrected chi connectivity index (χ4v) is 2.77. The average molecular weight is 373 g/mol. The van der Waals surface area contributed by atoms with Gasteiger partial charge in [-0.1, -0.05) is 5.16 Å². The van der Waals surface area contributed by atoms with E-state index in [1.54, 1.807) is 19.1 Å². The van der Waals surface area contributed by atoms with Gasteiger partial charge in [0.05, 0.1) is 18.0 Å². The monoisotopic (exact) mass is 373 g/mol. The summed E-state index contributed by atoms with van der Waals surface area (Å²) in [5.41, 5.74) is 0. The second-order valence-electron chi connectivity index (χ2n) is 4.67. The lowest BCUT2D eigenvalue weighted by atomic mass is 10.4. The molecule has 0 fully saturated rings. The van der Waals surface area contributed by atoms with Crippen molar-refractivity contribution in [1.29, 1.82) is 0 Å². The zero-order chi connectivity index (χ0) is 18.0. The molecule has 0 saturated carbocycles. The maximum absolute atomic E-state index is 12.5. The molecule has 0 atom stereocenters. The standard InChI is InChI=1S/C13H10F3N5O3S/c1-2-23-11(22)10-17-6-21(19-10)5-7-3-4-8(25-7)9-18-12(24-20-9)13(14,15)16/h3-4,6H,2,5H2,1H3. The fourth-order valence-electron chi connectivity index (χ4n) is 1.84. The first-order chi connectivity index (χ1) is 11.9. The molecule has 25 heavy (non-hydrogen) atoms. The molecule has 3 heterocycles. The molecule has 132 valence electrons. The summed E-state index contributed by atoms with van der Waals surface area (Å²) in [5, 5.41) is 7.31. The van der Waals surface area contributed by atoms with Gasteiger partial charge in [-0.3, -0.25) is 0 Å². The number of alkyl halides is 3. The number of esters is 1. The van der Waals surface area contributed by atoms with Gasteiger partial charge in [-0.25, -0.2) is 14.5 Å². The zero-order valence-corrected chi connectivity index (χ0v) is 13.5. The number of aromatic nitrogens is 5. The number of nitrogens with zero attached hydrogens (tertiary/aromatic N) is 5. The normalized spacial score (nSPS) is 11.7. The number of rotatable bonds is 5. The summed E-state index contributed by atoms with van der Waals surface area (Å²) in [4.78, 5) is 19.9. The van der Waals surface area contributed by atoms with Crippen molar-refractivity contribution in [2.45, 2.75) is 19.6 Å². The van der Waals surface area contributed by atoms with E-state index >= 15 is 0 Å². The largest absolute Gasteiger partial charge is 0.471 e. The summed E-state index contributed by atoms with van der Waals surface area (Å²) in [7, 11) is 0. The highest BCUT2D eigenvalue weighted by molar-refractivity contribution is 7.15. The van der Waals surface area contributed by atoms with Crippen molar-refractivity contribution in [3.05, 3.63) is 35.1 Å². The molecule has 0 unspecified atom stereocenters. The van der Waals surface area contributed by atoms with Crippen molar-refractivity contribution >= 4 is 17.3 Å². The van der Waals surface area contributed by atoms with Gasteiger partial charge in [-0.05, 0) is 19.1 Å². The van der Waals surface area contributed by atoms with Crippen molar-refractivity contribution in [2.75, 3.05) is 6.61 Å². The van der Waals surface area contributed by atoms with Crippen molar-refractivity contribution in [1.82, 2.24) is 24.9 Å². The topological polar surface area (TPSA) is 95.9 Å². The van der Waals surface area contributed by atoms with Gasteiger partial charge in [0, 0.05) is 4.88 Å². The molecule has 3 aromatic rings. The van der Waals surface area contributed by atoms with Crippen molar-refractivity contribution in [2.24, 2.45) is 0 Å². The van der Waals surface area contributed by atoms with E-state index < -0.39 is 18.0 Å². The molecular formula is C13H10F3N5O3S. The number of thiophene rings is 1. The third kappa shape index (κ3) is 3.84. The summed E-state index contributed by atoms with van der Waals surface area (Å²) < 4.78 is 47.9. The summed E-state index contributed by atoms with van der Waals surface area (Å²) >= 11 is 1.18. The SMILES string of the molecule is CCOC(=O)c1ncn(Cc2ccc(-c3noc(C(F)(F)F)n3)s2)n1. The van der Waals surface area contributed by atoms with E-state index in [2.05, 4.69) is 24.7 Å². The van der Waals surface area contributed by atoms with Gasteiger partial charge in [0.2, 0.25) is 5.82 Å². The maximum atomic E-state index is 12.5. The van der Waals surface area contributed by atoms with E-state index in [1.165, 1.54) is 22.3 Å². The van der Waals surface area contributed by atoms with Gasteiger partial charge in [0.1, 0.15) is 6.33 Å². The number of hydrogen-bond donors (Lipinski definition) is 0. The minimum absolute atomic E-state index is 0.0633. The molecule has 3 aromatic heterocycles. The molecule has 0 radical (unpaired) electrons. The van der Waals surface area contributed by atoms with Gasteiger partial charge in [0.15, 0.2) is 0 Å². The molecule has 0 aromatic carbocycles. The molecule has 0 spiro atoms. The molecule has 8 nitrogen and oxygen atoms in total. The Labute approximate surface area is 142 Å². The minimum atomic E-state index is -4.68. The van der Waals surface area contributed by atoms with E-state index in [9.17, 15) is 18.0 Å². The molecule has 0 N–H and O–H groups in total. The van der Waals surface area contributed by atoms with Crippen LogP contribution in [0, 0.1) is 0 Å². The second-order valence-corrected chi connectivity index (χ2v) is 5.84. The molecular weight excluding hydrogens is 363 g/mol. The summed E-state index contributed by atoms with van der Waals surface area (Å²) in [5.74, 6) is -2.23. The van der Waals surface area contributed by atoms with Gasteiger partial charge < -0.3 is 9.26 Å². The molecule has 12 heteroatoms. The molecule has 0 saturated heterocycles. The van der Waals surface area contributed by atoms with E-state index in [0.717, 1.165) is 4.88 Å². The predicted octanol–water partition coefficient (Wildman–Crippen LogP) is 2.63. The fraction of sp³-hybridized carbons (Fsp3) is 0.308. The molecule has 0 aliphatic carbocycles. The van der Waals surface area contributed by atoms with E-state index in [0.29, 0.717) is 4.88 Å². The first-order valence-corrected chi connectivity index (χ1v) is 7.75. The van der Waals surface area contributed by atoms with Crippen LogP contribution in [-0.2, 0) is 17.5 Å². The van der Waals surface area contributed by atoms with E-state index in [1.807, 2.05) is 0 Å². The number of hydrogen-bond acceptors (Lipinski definition) is 8. The third-order valence-corrected chi connectivity index (χ3v) is 3.93.